The number of rotatable bonds is 6. The van der Waals surface area contributed by atoms with Crippen molar-refractivity contribution >= 4 is 15.9 Å². The van der Waals surface area contributed by atoms with Crippen LogP contribution in [0.2, 0.25) is 0 Å². The molecule has 1 aromatic rings. The van der Waals surface area contributed by atoms with Crippen LogP contribution >= 0.6 is 15.9 Å². The molecule has 0 spiro atoms. The molecule has 3 nitrogen and oxygen atoms in total. The zero-order valence-electron chi connectivity index (χ0n) is 10.8. The zero-order chi connectivity index (χ0) is 13.1. The van der Waals surface area contributed by atoms with E-state index in [2.05, 4.69) is 15.9 Å². The van der Waals surface area contributed by atoms with Crippen LogP contribution in [-0.2, 0) is 0 Å². The fourth-order valence-corrected chi connectivity index (χ4v) is 2.33. The summed E-state index contributed by atoms with van der Waals surface area (Å²) in [7, 11) is 1.64. The second-order valence-corrected chi connectivity index (χ2v) is 5.73. The van der Waals surface area contributed by atoms with Gasteiger partial charge in [-0.15, -0.1) is 0 Å². The largest absolute Gasteiger partial charge is 0.493 e. The van der Waals surface area contributed by atoms with Gasteiger partial charge in [-0.05, 0) is 52.4 Å². The van der Waals surface area contributed by atoms with Gasteiger partial charge in [0, 0.05) is 12.5 Å². The molecule has 1 aromatic carbocycles. The average Bonchev–Trinajstić information content (AvgIpc) is 3.19. The van der Waals surface area contributed by atoms with E-state index in [0.29, 0.717) is 5.92 Å². The van der Waals surface area contributed by atoms with Crippen LogP contribution in [-0.4, -0.2) is 25.4 Å². The molecular weight excluding hydrogens is 296 g/mol. The molecule has 0 aliphatic heterocycles. The van der Waals surface area contributed by atoms with E-state index in [1.807, 2.05) is 19.1 Å². The molecule has 0 amide bonds. The lowest BCUT2D eigenvalue weighted by Gasteiger charge is -2.16. The fourth-order valence-electron chi connectivity index (χ4n) is 1.76. The summed E-state index contributed by atoms with van der Waals surface area (Å²) in [6.07, 6.45) is 2.53. The molecule has 0 heterocycles. The first-order chi connectivity index (χ1) is 8.65. The summed E-state index contributed by atoms with van der Waals surface area (Å²) in [5.41, 5.74) is 1.04. The van der Waals surface area contributed by atoms with Gasteiger partial charge in [0.25, 0.3) is 0 Å². The zero-order valence-corrected chi connectivity index (χ0v) is 12.4. The molecule has 0 bridgehead atoms. The van der Waals surface area contributed by atoms with Crippen molar-refractivity contribution in [2.45, 2.75) is 25.7 Å². The molecule has 0 aromatic heterocycles. The first-order valence-electron chi connectivity index (χ1n) is 6.26. The highest BCUT2D eigenvalue weighted by Crippen LogP contribution is 2.40. The number of ether oxygens (including phenoxy) is 2. The third-order valence-electron chi connectivity index (χ3n) is 3.25. The predicted octanol–water partition coefficient (Wildman–Crippen LogP) is 3.34. The van der Waals surface area contributed by atoms with Crippen molar-refractivity contribution in [3.05, 3.63) is 22.2 Å². The second-order valence-electron chi connectivity index (χ2n) is 4.87. The summed E-state index contributed by atoms with van der Waals surface area (Å²) < 4.78 is 12.1. The molecule has 1 N–H and O–H groups in total. The second kappa shape index (κ2) is 5.93. The Bertz CT molecular complexity index is 416. The van der Waals surface area contributed by atoms with Gasteiger partial charge in [0.1, 0.15) is 0 Å². The van der Waals surface area contributed by atoms with Gasteiger partial charge in [0.05, 0.1) is 18.2 Å². The molecular formula is C14H19BrO3. The number of methoxy groups -OCH3 is 1. The molecule has 4 heteroatoms. The Labute approximate surface area is 116 Å². The molecule has 1 aliphatic rings. The van der Waals surface area contributed by atoms with Crippen LogP contribution in [0.25, 0.3) is 0 Å². The molecule has 0 radical (unpaired) electrons. The maximum Gasteiger partial charge on any atom is 0.175 e. The number of hydrogen-bond acceptors (Lipinski definition) is 3. The highest BCUT2D eigenvalue weighted by atomic mass is 79.9. The molecule has 2 rings (SSSR count). The maximum atomic E-state index is 9.21. The molecule has 1 saturated carbocycles. The maximum absolute atomic E-state index is 9.21. The van der Waals surface area contributed by atoms with Gasteiger partial charge in [0.15, 0.2) is 11.5 Å². The quantitative estimate of drug-likeness (QED) is 0.875. The van der Waals surface area contributed by atoms with E-state index >= 15 is 0 Å². The average molecular weight is 315 g/mol. The Morgan fingerprint density at radius 1 is 1.44 bits per heavy atom. The van der Waals surface area contributed by atoms with E-state index in [1.165, 1.54) is 12.8 Å². The van der Waals surface area contributed by atoms with Crippen molar-refractivity contribution in [1.29, 1.82) is 0 Å². The predicted molar refractivity (Wildman–Crippen MR) is 74.4 cm³/mol. The summed E-state index contributed by atoms with van der Waals surface area (Å²) in [5, 5.41) is 9.21. The van der Waals surface area contributed by atoms with E-state index in [9.17, 15) is 5.11 Å². The van der Waals surface area contributed by atoms with Crippen molar-refractivity contribution in [2.75, 3.05) is 20.3 Å². The van der Waals surface area contributed by atoms with Crippen LogP contribution in [0.15, 0.2) is 16.6 Å². The van der Waals surface area contributed by atoms with Crippen LogP contribution in [0.4, 0.5) is 0 Å². The Hall–Kier alpha value is -0.740. The van der Waals surface area contributed by atoms with E-state index in [-0.39, 0.29) is 12.5 Å². The summed E-state index contributed by atoms with van der Waals surface area (Å²) >= 11 is 3.52. The number of hydrogen-bond donors (Lipinski definition) is 1. The van der Waals surface area contributed by atoms with Gasteiger partial charge in [-0.2, -0.15) is 0 Å². The van der Waals surface area contributed by atoms with Crippen LogP contribution in [0.5, 0.6) is 11.5 Å². The summed E-state index contributed by atoms with van der Waals surface area (Å²) in [4.78, 5) is 0. The van der Waals surface area contributed by atoms with Crippen molar-refractivity contribution in [3.8, 4) is 11.5 Å². The number of halogens is 1. The summed E-state index contributed by atoms with van der Waals surface area (Å²) in [5.74, 6) is 2.28. The van der Waals surface area contributed by atoms with Gasteiger partial charge in [0.2, 0.25) is 0 Å². The molecule has 100 valence electrons. The van der Waals surface area contributed by atoms with Gasteiger partial charge >= 0.3 is 0 Å². The normalized spacial score (nSPS) is 16.4. The number of aliphatic hydroxyl groups is 1. The van der Waals surface area contributed by atoms with Gasteiger partial charge in [-0.1, -0.05) is 6.92 Å². The lowest BCUT2D eigenvalue weighted by molar-refractivity contribution is 0.269. The minimum absolute atomic E-state index is 0.0904. The van der Waals surface area contributed by atoms with Crippen LogP contribution in [0.1, 0.15) is 31.2 Å². The van der Waals surface area contributed by atoms with Crippen molar-refractivity contribution in [3.63, 3.8) is 0 Å². The highest BCUT2D eigenvalue weighted by molar-refractivity contribution is 9.10. The number of benzene rings is 1. The van der Waals surface area contributed by atoms with Crippen LogP contribution < -0.4 is 9.47 Å². The molecule has 18 heavy (non-hydrogen) atoms. The molecule has 1 unspecified atom stereocenters. The molecule has 1 aliphatic carbocycles. The smallest absolute Gasteiger partial charge is 0.175 e. The Morgan fingerprint density at radius 3 is 2.72 bits per heavy atom. The SMILES string of the molecule is COc1cc(C(C)CO)cc(Br)c1OCC1CC1. The molecule has 1 atom stereocenters. The Kier molecular flexibility index (Phi) is 4.51. The van der Waals surface area contributed by atoms with Gasteiger partial charge in [-0.3, -0.25) is 0 Å². The number of aliphatic hydroxyl groups excluding tert-OH is 1. The first-order valence-corrected chi connectivity index (χ1v) is 7.06. The fraction of sp³-hybridized carbons (Fsp3) is 0.571. The minimum atomic E-state index is 0.0904. The minimum Gasteiger partial charge on any atom is -0.493 e. The standard InChI is InChI=1S/C14H19BrO3/c1-9(7-16)11-5-12(15)14(13(6-11)17-2)18-8-10-3-4-10/h5-6,9-10,16H,3-4,7-8H2,1-2H3. The molecule has 1 fully saturated rings. The third-order valence-corrected chi connectivity index (χ3v) is 3.84. The lowest BCUT2D eigenvalue weighted by atomic mass is 10.0. The Balaban J connectivity index is 2.21. The first kappa shape index (κ1) is 13.7. The highest BCUT2D eigenvalue weighted by Gasteiger charge is 2.23. The topological polar surface area (TPSA) is 38.7 Å². The van der Waals surface area contributed by atoms with Crippen LogP contribution in [0.3, 0.4) is 0 Å². The summed E-state index contributed by atoms with van der Waals surface area (Å²) in [6.45, 7) is 2.85. The van der Waals surface area contributed by atoms with Crippen molar-refractivity contribution < 1.29 is 14.6 Å². The Morgan fingerprint density at radius 2 is 2.17 bits per heavy atom. The van der Waals surface area contributed by atoms with Crippen molar-refractivity contribution in [1.82, 2.24) is 0 Å². The van der Waals surface area contributed by atoms with E-state index in [4.69, 9.17) is 9.47 Å². The lowest BCUT2D eigenvalue weighted by Crippen LogP contribution is -2.04. The van der Waals surface area contributed by atoms with Crippen molar-refractivity contribution in [2.24, 2.45) is 5.92 Å². The van der Waals surface area contributed by atoms with Gasteiger partial charge in [-0.25, -0.2) is 0 Å². The monoisotopic (exact) mass is 314 g/mol. The molecule has 0 saturated heterocycles. The third kappa shape index (κ3) is 3.18. The summed E-state index contributed by atoms with van der Waals surface area (Å²) in [6, 6.07) is 3.93. The van der Waals surface area contributed by atoms with Gasteiger partial charge < -0.3 is 14.6 Å². The van der Waals surface area contributed by atoms with Crippen LogP contribution in [0, 0.1) is 5.92 Å². The van der Waals surface area contributed by atoms with E-state index in [1.54, 1.807) is 7.11 Å². The van der Waals surface area contributed by atoms with E-state index in [0.717, 1.165) is 28.1 Å². The van der Waals surface area contributed by atoms with E-state index < -0.39 is 0 Å².